The van der Waals surface area contributed by atoms with Crippen molar-refractivity contribution in [2.75, 3.05) is 19.0 Å². The Kier molecular flexibility index (Phi) is 2.82. The van der Waals surface area contributed by atoms with E-state index >= 15 is 0 Å². The van der Waals surface area contributed by atoms with E-state index < -0.39 is 5.97 Å². The van der Waals surface area contributed by atoms with Gasteiger partial charge in [-0.15, -0.1) is 0 Å². The molecule has 0 amide bonds. The van der Waals surface area contributed by atoms with E-state index in [1.54, 1.807) is 19.0 Å². The number of carboxylic acids is 1. The van der Waals surface area contributed by atoms with Crippen molar-refractivity contribution in [1.29, 1.82) is 0 Å². The molecule has 1 rings (SSSR count). The predicted molar refractivity (Wildman–Crippen MR) is 51.0 cm³/mol. The smallest absolute Gasteiger partial charge is 0.355 e. The number of carbonyl (C=O) groups is 1. The molecule has 0 radical (unpaired) electrons. The van der Waals surface area contributed by atoms with Gasteiger partial charge in [-0.25, -0.2) is 14.8 Å². The van der Waals surface area contributed by atoms with Gasteiger partial charge in [-0.1, -0.05) is 0 Å². The van der Waals surface area contributed by atoms with E-state index in [2.05, 4.69) is 25.9 Å². The summed E-state index contributed by atoms with van der Waals surface area (Å²) in [6, 6.07) is 0. The molecule has 1 heterocycles. The second kappa shape index (κ2) is 3.69. The fraction of sp³-hybridized carbons (Fsp3) is 0.286. The quantitative estimate of drug-likeness (QED) is 0.843. The maximum absolute atomic E-state index is 10.7. The van der Waals surface area contributed by atoms with E-state index in [1.807, 2.05) is 0 Å². The molecular weight excluding hydrogens is 238 g/mol. The van der Waals surface area contributed by atoms with E-state index in [1.165, 1.54) is 6.33 Å². The number of halogens is 1. The Morgan fingerprint density at radius 3 is 2.62 bits per heavy atom. The van der Waals surface area contributed by atoms with Gasteiger partial charge in [0.25, 0.3) is 0 Å². The summed E-state index contributed by atoms with van der Waals surface area (Å²) in [5.74, 6) is -0.523. The molecule has 1 aromatic rings. The summed E-state index contributed by atoms with van der Waals surface area (Å²) >= 11 is 3.13. The van der Waals surface area contributed by atoms with E-state index in [4.69, 9.17) is 5.11 Å². The van der Waals surface area contributed by atoms with Crippen LogP contribution in [0.1, 0.15) is 10.5 Å². The third kappa shape index (κ3) is 1.95. The molecule has 0 fully saturated rings. The first-order valence-electron chi connectivity index (χ1n) is 3.45. The van der Waals surface area contributed by atoms with Crippen molar-refractivity contribution in [1.82, 2.24) is 9.97 Å². The number of hydrogen-bond donors (Lipinski definition) is 1. The lowest BCUT2D eigenvalue weighted by molar-refractivity contribution is 0.0689. The van der Waals surface area contributed by atoms with Crippen molar-refractivity contribution in [2.24, 2.45) is 0 Å². The van der Waals surface area contributed by atoms with Gasteiger partial charge in [0.05, 0.1) is 4.47 Å². The lowest BCUT2D eigenvalue weighted by Gasteiger charge is -2.12. The molecule has 0 spiro atoms. The van der Waals surface area contributed by atoms with Crippen LogP contribution in [0.3, 0.4) is 0 Å². The molecule has 1 N–H and O–H groups in total. The van der Waals surface area contributed by atoms with Crippen molar-refractivity contribution in [3.8, 4) is 0 Å². The van der Waals surface area contributed by atoms with E-state index in [0.29, 0.717) is 10.3 Å². The number of aromatic nitrogens is 2. The standard InChI is InChI=1S/C7H8BrN3O2/c1-11(2)6-4(8)5(7(12)13)9-3-10-6/h3H,1-2H3,(H,12,13). The number of rotatable bonds is 2. The molecule has 6 heteroatoms. The van der Waals surface area contributed by atoms with Crippen LogP contribution in [0.2, 0.25) is 0 Å². The minimum atomic E-state index is -1.07. The summed E-state index contributed by atoms with van der Waals surface area (Å²) in [7, 11) is 3.55. The number of aromatic carboxylic acids is 1. The van der Waals surface area contributed by atoms with Crippen molar-refractivity contribution in [3.05, 3.63) is 16.5 Å². The lowest BCUT2D eigenvalue weighted by atomic mass is 10.4. The van der Waals surface area contributed by atoms with E-state index in [0.717, 1.165) is 0 Å². The summed E-state index contributed by atoms with van der Waals surface area (Å²) in [4.78, 5) is 19.9. The summed E-state index contributed by atoms with van der Waals surface area (Å²) < 4.78 is 0.396. The zero-order valence-corrected chi connectivity index (χ0v) is 8.74. The zero-order chi connectivity index (χ0) is 10.0. The lowest BCUT2D eigenvalue weighted by Crippen LogP contribution is -2.14. The zero-order valence-electron chi connectivity index (χ0n) is 7.15. The molecule has 1 aromatic heterocycles. The van der Waals surface area contributed by atoms with Crippen LogP contribution in [0.15, 0.2) is 10.8 Å². The Balaban J connectivity index is 3.26. The van der Waals surface area contributed by atoms with Crippen molar-refractivity contribution in [3.63, 3.8) is 0 Å². The van der Waals surface area contributed by atoms with Crippen LogP contribution < -0.4 is 4.90 Å². The van der Waals surface area contributed by atoms with Gasteiger partial charge in [-0.3, -0.25) is 0 Å². The number of nitrogens with zero attached hydrogens (tertiary/aromatic N) is 3. The third-order valence-electron chi connectivity index (χ3n) is 1.40. The van der Waals surface area contributed by atoms with Crippen LogP contribution in [0.4, 0.5) is 5.82 Å². The van der Waals surface area contributed by atoms with Gasteiger partial charge >= 0.3 is 5.97 Å². The van der Waals surface area contributed by atoms with Crippen LogP contribution in [0.5, 0.6) is 0 Å². The minimum Gasteiger partial charge on any atom is -0.476 e. The molecule has 0 atom stereocenters. The average Bonchev–Trinajstić information content (AvgIpc) is 2.03. The monoisotopic (exact) mass is 245 g/mol. The Morgan fingerprint density at radius 2 is 2.15 bits per heavy atom. The van der Waals surface area contributed by atoms with Crippen LogP contribution in [-0.2, 0) is 0 Å². The number of carboxylic acid groups (broad SMARTS) is 1. The normalized spacial score (nSPS) is 9.77. The maximum atomic E-state index is 10.7. The summed E-state index contributed by atoms with van der Waals surface area (Å²) in [6.07, 6.45) is 1.23. The predicted octanol–water partition coefficient (Wildman–Crippen LogP) is 1.00. The SMILES string of the molecule is CN(C)c1ncnc(C(=O)O)c1Br. The minimum absolute atomic E-state index is 0.0290. The fourth-order valence-corrected chi connectivity index (χ4v) is 1.55. The highest BCUT2D eigenvalue weighted by Gasteiger charge is 2.15. The first-order valence-corrected chi connectivity index (χ1v) is 4.24. The van der Waals surface area contributed by atoms with E-state index in [9.17, 15) is 4.79 Å². The number of anilines is 1. The molecule has 0 aliphatic heterocycles. The molecule has 0 unspecified atom stereocenters. The number of hydrogen-bond acceptors (Lipinski definition) is 4. The van der Waals surface area contributed by atoms with Crippen LogP contribution in [-0.4, -0.2) is 35.1 Å². The van der Waals surface area contributed by atoms with Gasteiger partial charge < -0.3 is 10.0 Å². The van der Waals surface area contributed by atoms with E-state index in [-0.39, 0.29) is 5.69 Å². The van der Waals surface area contributed by atoms with Gasteiger partial charge in [-0.05, 0) is 15.9 Å². The largest absolute Gasteiger partial charge is 0.476 e. The van der Waals surface area contributed by atoms with Crippen molar-refractivity contribution < 1.29 is 9.90 Å². The Hall–Kier alpha value is -1.17. The molecule has 70 valence electrons. The summed E-state index contributed by atoms with van der Waals surface area (Å²) in [5.41, 5.74) is -0.0290. The second-order valence-electron chi connectivity index (χ2n) is 2.56. The summed E-state index contributed by atoms with van der Waals surface area (Å²) in [5, 5.41) is 8.73. The van der Waals surface area contributed by atoms with Gasteiger partial charge in [0.15, 0.2) is 5.69 Å². The molecule has 0 saturated carbocycles. The molecular formula is C7H8BrN3O2. The second-order valence-corrected chi connectivity index (χ2v) is 3.35. The van der Waals surface area contributed by atoms with Gasteiger partial charge in [0.2, 0.25) is 0 Å². The maximum Gasteiger partial charge on any atom is 0.355 e. The topological polar surface area (TPSA) is 66.3 Å². The summed E-state index contributed by atoms with van der Waals surface area (Å²) in [6.45, 7) is 0. The molecule has 0 aromatic carbocycles. The molecule has 13 heavy (non-hydrogen) atoms. The molecule has 5 nitrogen and oxygen atoms in total. The molecule has 0 aliphatic rings. The third-order valence-corrected chi connectivity index (χ3v) is 2.13. The average molecular weight is 246 g/mol. The van der Waals surface area contributed by atoms with Crippen LogP contribution in [0.25, 0.3) is 0 Å². The van der Waals surface area contributed by atoms with Gasteiger partial charge in [0.1, 0.15) is 12.1 Å². The first kappa shape index (κ1) is 9.91. The van der Waals surface area contributed by atoms with Crippen molar-refractivity contribution in [2.45, 2.75) is 0 Å². The molecule has 0 bridgehead atoms. The highest BCUT2D eigenvalue weighted by atomic mass is 79.9. The van der Waals surface area contributed by atoms with Crippen LogP contribution >= 0.6 is 15.9 Å². The Labute approximate surface area is 83.5 Å². The Bertz CT molecular complexity index is 341. The first-order chi connectivity index (χ1) is 6.04. The highest BCUT2D eigenvalue weighted by Crippen LogP contribution is 2.23. The highest BCUT2D eigenvalue weighted by molar-refractivity contribution is 9.10. The molecule has 0 aliphatic carbocycles. The van der Waals surface area contributed by atoms with Crippen LogP contribution in [0, 0.1) is 0 Å². The fourth-order valence-electron chi connectivity index (χ4n) is 0.821. The van der Waals surface area contributed by atoms with Gasteiger partial charge in [0, 0.05) is 14.1 Å². The van der Waals surface area contributed by atoms with Gasteiger partial charge in [-0.2, -0.15) is 0 Å². The Morgan fingerprint density at radius 1 is 1.54 bits per heavy atom. The molecule has 0 saturated heterocycles. The van der Waals surface area contributed by atoms with Crippen molar-refractivity contribution >= 4 is 27.7 Å².